The van der Waals surface area contributed by atoms with Gasteiger partial charge >= 0.3 is 0 Å². The van der Waals surface area contributed by atoms with E-state index in [2.05, 4.69) is 0 Å². The van der Waals surface area contributed by atoms with Crippen LogP contribution in [0.2, 0.25) is 0 Å². The van der Waals surface area contributed by atoms with E-state index in [0.29, 0.717) is 0 Å². The molecule has 2 rings (SSSR count). The lowest BCUT2D eigenvalue weighted by atomic mass is 9.92. The molecule has 0 saturated heterocycles. The Morgan fingerprint density at radius 2 is 1.85 bits per heavy atom. The van der Waals surface area contributed by atoms with Gasteiger partial charge in [0.15, 0.2) is 0 Å². The van der Waals surface area contributed by atoms with Crippen molar-refractivity contribution in [1.29, 1.82) is 0 Å². The third kappa shape index (κ3) is 3.53. The Hall–Kier alpha value is -1.05. The second-order valence-electron chi connectivity index (χ2n) is 4.98. The zero-order valence-electron chi connectivity index (χ0n) is 10.9. The summed E-state index contributed by atoms with van der Waals surface area (Å²) in [6, 6.07) is 4.73. The van der Waals surface area contributed by atoms with Crippen molar-refractivity contribution in [3.05, 3.63) is 29.3 Å². The van der Waals surface area contributed by atoms with Crippen LogP contribution in [0.4, 0.5) is 8.78 Å². The van der Waals surface area contributed by atoms with Gasteiger partial charge in [0.1, 0.15) is 6.61 Å². The molecular formula is C13H17F2NO3S. The Morgan fingerprint density at radius 3 is 2.50 bits per heavy atom. The zero-order chi connectivity index (χ0) is 14.8. The molecule has 1 aromatic rings. The third-order valence-electron chi connectivity index (χ3n) is 3.38. The maximum atomic E-state index is 12.9. The molecule has 0 unspecified atom stereocenters. The quantitative estimate of drug-likeness (QED) is 0.866. The van der Waals surface area contributed by atoms with E-state index in [-0.39, 0.29) is 4.90 Å². The van der Waals surface area contributed by atoms with Gasteiger partial charge in [0.05, 0.1) is 11.4 Å². The minimum atomic E-state index is -3.98. The molecule has 0 bridgehead atoms. The smallest absolute Gasteiger partial charge is 0.283 e. The molecule has 0 aliphatic heterocycles. The Kier molecular flexibility index (Phi) is 4.41. The second-order valence-corrected chi connectivity index (χ2v) is 6.74. The highest BCUT2D eigenvalue weighted by Gasteiger charge is 2.30. The van der Waals surface area contributed by atoms with Crippen molar-refractivity contribution < 1.29 is 22.3 Å². The van der Waals surface area contributed by atoms with Crippen LogP contribution in [0.15, 0.2) is 23.1 Å². The summed E-state index contributed by atoms with van der Waals surface area (Å²) in [5, 5.41) is 8.43. The molecule has 0 atom stereocenters. The highest BCUT2D eigenvalue weighted by Crippen LogP contribution is 2.24. The van der Waals surface area contributed by atoms with Gasteiger partial charge in [-0.05, 0) is 48.9 Å². The summed E-state index contributed by atoms with van der Waals surface area (Å²) < 4.78 is 51.5. The van der Waals surface area contributed by atoms with Crippen LogP contribution in [-0.4, -0.2) is 32.6 Å². The van der Waals surface area contributed by atoms with Gasteiger partial charge in [-0.15, -0.1) is 0 Å². The average Bonchev–Trinajstić information content (AvgIpc) is 2.45. The number of fused-ring (bicyclic) bond motifs is 1. The van der Waals surface area contributed by atoms with Crippen molar-refractivity contribution in [3.63, 3.8) is 0 Å². The van der Waals surface area contributed by atoms with Crippen LogP contribution in [0.3, 0.4) is 0 Å². The van der Waals surface area contributed by atoms with Gasteiger partial charge in [-0.1, -0.05) is 6.07 Å². The van der Waals surface area contributed by atoms with Crippen molar-refractivity contribution >= 4 is 10.0 Å². The van der Waals surface area contributed by atoms with E-state index >= 15 is 0 Å². The molecule has 1 aliphatic carbocycles. The first-order valence-corrected chi connectivity index (χ1v) is 7.92. The highest BCUT2D eigenvalue weighted by molar-refractivity contribution is 7.89. The lowest BCUT2D eigenvalue weighted by molar-refractivity contribution is -0.0437. The zero-order valence-corrected chi connectivity index (χ0v) is 11.7. The summed E-state index contributed by atoms with van der Waals surface area (Å²) in [5.74, 6) is -3.46. The number of sulfonamides is 1. The SMILES string of the molecule is O=S(=O)(NCC(F)(F)CO)c1ccc2c(c1)CCCC2. The molecule has 0 saturated carbocycles. The van der Waals surface area contributed by atoms with Gasteiger partial charge in [0, 0.05) is 0 Å². The summed E-state index contributed by atoms with van der Waals surface area (Å²) in [6.07, 6.45) is 3.82. The fraction of sp³-hybridized carbons (Fsp3) is 0.538. The number of alkyl halides is 2. The fourth-order valence-electron chi connectivity index (χ4n) is 2.22. The maximum Gasteiger partial charge on any atom is 0.283 e. The molecule has 112 valence electrons. The molecule has 4 nitrogen and oxygen atoms in total. The molecule has 0 aromatic heterocycles. The summed E-state index contributed by atoms with van der Waals surface area (Å²) in [7, 11) is -3.98. The van der Waals surface area contributed by atoms with Crippen LogP contribution >= 0.6 is 0 Å². The van der Waals surface area contributed by atoms with Gasteiger partial charge in [-0.25, -0.2) is 21.9 Å². The van der Waals surface area contributed by atoms with E-state index in [9.17, 15) is 17.2 Å². The number of nitrogens with one attached hydrogen (secondary N) is 1. The highest BCUT2D eigenvalue weighted by atomic mass is 32.2. The van der Waals surface area contributed by atoms with Crippen molar-refractivity contribution in [1.82, 2.24) is 4.72 Å². The largest absolute Gasteiger partial charge is 0.390 e. The number of aliphatic hydroxyl groups excluding tert-OH is 1. The topological polar surface area (TPSA) is 66.4 Å². The van der Waals surface area contributed by atoms with Crippen LogP contribution in [0, 0.1) is 0 Å². The second kappa shape index (κ2) is 5.75. The van der Waals surface area contributed by atoms with E-state index in [1.807, 2.05) is 4.72 Å². The van der Waals surface area contributed by atoms with Crippen LogP contribution in [0.25, 0.3) is 0 Å². The number of hydrogen-bond donors (Lipinski definition) is 2. The fourth-order valence-corrected chi connectivity index (χ4v) is 3.33. The normalized spacial score (nSPS) is 15.9. The number of aliphatic hydroxyl groups is 1. The van der Waals surface area contributed by atoms with Gasteiger partial charge in [0.25, 0.3) is 5.92 Å². The molecule has 0 spiro atoms. The molecular weight excluding hydrogens is 288 g/mol. The lowest BCUT2D eigenvalue weighted by Gasteiger charge is -2.18. The first-order chi connectivity index (χ1) is 9.34. The number of halogens is 2. The Bertz CT molecular complexity index is 587. The standard InChI is InChI=1S/C13H17F2NO3S/c14-13(15,9-17)8-16-20(18,19)12-6-5-10-3-1-2-4-11(10)7-12/h5-7,16-17H,1-4,8-9H2. The van der Waals surface area contributed by atoms with Crippen LogP contribution < -0.4 is 4.72 Å². The van der Waals surface area contributed by atoms with Crippen LogP contribution in [-0.2, 0) is 22.9 Å². The number of hydrogen-bond acceptors (Lipinski definition) is 3. The van der Waals surface area contributed by atoms with E-state index in [1.54, 1.807) is 12.1 Å². The number of rotatable bonds is 5. The van der Waals surface area contributed by atoms with E-state index < -0.39 is 29.1 Å². The molecule has 0 heterocycles. The van der Waals surface area contributed by atoms with Crippen LogP contribution in [0.1, 0.15) is 24.0 Å². The maximum absolute atomic E-state index is 12.9. The summed E-state index contributed by atoms with van der Waals surface area (Å²) in [6.45, 7) is -2.50. The van der Waals surface area contributed by atoms with E-state index in [1.165, 1.54) is 6.07 Å². The van der Waals surface area contributed by atoms with Crippen LogP contribution in [0.5, 0.6) is 0 Å². The first kappa shape index (κ1) is 15.3. The van der Waals surface area contributed by atoms with Crippen molar-refractivity contribution in [2.45, 2.75) is 36.5 Å². The van der Waals surface area contributed by atoms with Crippen molar-refractivity contribution in [2.75, 3.05) is 13.2 Å². The van der Waals surface area contributed by atoms with Crippen molar-refractivity contribution in [3.8, 4) is 0 Å². The number of aryl methyl sites for hydroxylation is 2. The molecule has 0 amide bonds. The predicted octanol–water partition coefficient (Wildman–Crippen LogP) is 1.47. The summed E-state index contributed by atoms with van der Waals surface area (Å²) in [5.41, 5.74) is 2.09. The molecule has 7 heteroatoms. The van der Waals surface area contributed by atoms with Gasteiger partial charge < -0.3 is 5.11 Å². The van der Waals surface area contributed by atoms with E-state index in [0.717, 1.165) is 36.8 Å². The first-order valence-electron chi connectivity index (χ1n) is 6.44. The van der Waals surface area contributed by atoms with Gasteiger partial charge in [0.2, 0.25) is 10.0 Å². The molecule has 1 aromatic carbocycles. The lowest BCUT2D eigenvalue weighted by Crippen LogP contribution is -2.39. The molecule has 1 aliphatic rings. The average molecular weight is 305 g/mol. The molecule has 2 N–H and O–H groups in total. The number of benzene rings is 1. The summed E-state index contributed by atoms with van der Waals surface area (Å²) >= 11 is 0. The van der Waals surface area contributed by atoms with Gasteiger partial charge in [-0.3, -0.25) is 0 Å². The van der Waals surface area contributed by atoms with E-state index in [4.69, 9.17) is 5.11 Å². The predicted molar refractivity (Wildman–Crippen MR) is 70.3 cm³/mol. The Morgan fingerprint density at radius 1 is 1.20 bits per heavy atom. The van der Waals surface area contributed by atoms with Gasteiger partial charge in [-0.2, -0.15) is 0 Å². The summed E-state index contributed by atoms with van der Waals surface area (Å²) in [4.78, 5) is -0.00751. The molecule has 0 fully saturated rings. The third-order valence-corrected chi connectivity index (χ3v) is 4.78. The monoisotopic (exact) mass is 305 g/mol. The Balaban J connectivity index is 2.17. The molecule has 20 heavy (non-hydrogen) atoms. The van der Waals surface area contributed by atoms with Crippen molar-refractivity contribution in [2.24, 2.45) is 0 Å². The minimum absolute atomic E-state index is 0.00751. The molecule has 0 radical (unpaired) electrons. The Labute approximate surface area is 116 Å². The minimum Gasteiger partial charge on any atom is -0.390 e.